The van der Waals surface area contributed by atoms with Crippen LogP contribution >= 0.6 is 0 Å². The summed E-state index contributed by atoms with van der Waals surface area (Å²) in [5.74, 6) is 0.931. The van der Waals surface area contributed by atoms with Gasteiger partial charge in [0, 0.05) is 19.6 Å². The molecule has 1 heterocycles. The molecule has 0 aromatic heterocycles. The third-order valence-corrected chi connectivity index (χ3v) is 4.30. The Morgan fingerprint density at radius 1 is 1.30 bits per heavy atom. The molecule has 1 saturated carbocycles. The van der Waals surface area contributed by atoms with E-state index in [-0.39, 0.29) is 6.09 Å². The number of ether oxygens (including phenoxy) is 1. The highest BCUT2D eigenvalue weighted by Gasteiger charge is 2.33. The molecule has 0 bridgehead atoms. The molecule has 4 nitrogen and oxygen atoms in total. The van der Waals surface area contributed by atoms with Gasteiger partial charge in [-0.2, -0.15) is 0 Å². The van der Waals surface area contributed by atoms with E-state index in [0.717, 1.165) is 38.4 Å². The first-order valence-corrected chi connectivity index (χ1v) is 7.96. The van der Waals surface area contributed by atoms with E-state index in [1.807, 2.05) is 25.7 Å². The Labute approximate surface area is 123 Å². The summed E-state index contributed by atoms with van der Waals surface area (Å²) in [5, 5.41) is 3.61. The van der Waals surface area contributed by atoms with Gasteiger partial charge in [0.2, 0.25) is 0 Å². The number of nitrogens with zero attached hydrogens (tertiary/aromatic N) is 1. The second kappa shape index (κ2) is 5.92. The van der Waals surface area contributed by atoms with Crippen LogP contribution in [0.15, 0.2) is 0 Å². The van der Waals surface area contributed by atoms with Crippen molar-refractivity contribution in [2.45, 2.75) is 59.0 Å². The Bertz CT molecular complexity index is 337. The smallest absolute Gasteiger partial charge is 0.410 e. The molecule has 0 unspecified atom stereocenters. The summed E-state index contributed by atoms with van der Waals surface area (Å²) in [7, 11) is 0. The fourth-order valence-electron chi connectivity index (χ4n) is 2.63. The van der Waals surface area contributed by atoms with Crippen LogP contribution < -0.4 is 5.32 Å². The van der Waals surface area contributed by atoms with Crippen molar-refractivity contribution >= 4 is 6.09 Å². The summed E-state index contributed by atoms with van der Waals surface area (Å²) in [6.07, 6.45) is 4.76. The molecule has 2 fully saturated rings. The summed E-state index contributed by atoms with van der Waals surface area (Å²) in [6.45, 7) is 12.0. The predicted molar refractivity (Wildman–Crippen MR) is 80.7 cm³/mol. The molecule has 1 aliphatic heterocycles. The van der Waals surface area contributed by atoms with Gasteiger partial charge in [-0.25, -0.2) is 4.79 Å². The second-order valence-corrected chi connectivity index (χ2v) is 7.85. The van der Waals surface area contributed by atoms with Crippen molar-refractivity contribution in [3.8, 4) is 0 Å². The molecule has 1 amide bonds. The van der Waals surface area contributed by atoms with Gasteiger partial charge in [0.15, 0.2) is 0 Å². The zero-order valence-corrected chi connectivity index (χ0v) is 13.5. The van der Waals surface area contributed by atoms with Gasteiger partial charge in [-0.1, -0.05) is 6.92 Å². The van der Waals surface area contributed by atoms with Crippen LogP contribution in [-0.4, -0.2) is 42.8 Å². The molecule has 1 saturated heterocycles. The largest absolute Gasteiger partial charge is 0.444 e. The van der Waals surface area contributed by atoms with E-state index in [0.29, 0.717) is 5.41 Å². The van der Waals surface area contributed by atoms with Crippen LogP contribution in [0.2, 0.25) is 0 Å². The van der Waals surface area contributed by atoms with Gasteiger partial charge < -0.3 is 15.0 Å². The second-order valence-electron chi connectivity index (χ2n) is 7.85. The van der Waals surface area contributed by atoms with Gasteiger partial charge in [-0.15, -0.1) is 0 Å². The third-order valence-electron chi connectivity index (χ3n) is 4.30. The van der Waals surface area contributed by atoms with Gasteiger partial charge in [0.05, 0.1) is 0 Å². The molecule has 0 aromatic rings. The lowest BCUT2D eigenvalue weighted by molar-refractivity contribution is 0.0120. The molecule has 0 spiro atoms. The maximum absolute atomic E-state index is 12.0. The van der Waals surface area contributed by atoms with E-state index < -0.39 is 5.60 Å². The highest BCUT2D eigenvalue weighted by Crippen LogP contribution is 2.32. The minimum Gasteiger partial charge on any atom is -0.444 e. The number of nitrogens with one attached hydrogen (secondary N) is 1. The molecule has 0 aromatic carbocycles. The molecule has 2 aliphatic rings. The quantitative estimate of drug-likeness (QED) is 0.862. The van der Waals surface area contributed by atoms with Crippen molar-refractivity contribution in [3.63, 3.8) is 0 Å². The number of carbonyl (C=O) groups excluding carboxylic acids is 1. The molecule has 4 heteroatoms. The number of carbonyl (C=O) groups is 1. The van der Waals surface area contributed by atoms with Crippen molar-refractivity contribution < 1.29 is 9.53 Å². The van der Waals surface area contributed by atoms with Crippen molar-refractivity contribution in [3.05, 3.63) is 0 Å². The highest BCUT2D eigenvalue weighted by atomic mass is 16.6. The van der Waals surface area contributed by atoms with Crippen molar-refractivity contribution in [1.82, 2.24) is 10.2 Å². The lowest BCUT2D eigenvalue weighted by Gasteiger charge is -2.40. The molecule has 2 rings (SSSR count). The Kier molecular flexibility index (Phi) is 4.62. The standard InChI is InChI=1S/C16H30N2O2/c1-15(2,3)20-14(19)18-9-7-16(4,8-10-18)12-17-11-13-5-6-13/h13,17H,5-12H2,1-4H3. The molecule has 116 valence electrons. The number of piperidine rings is 1. The number of likely N-dealkylation sites (tertiary alicyclic amines) is 1. The Morgan fingerprint density at radius 3 is 2.40 bits per heavy atom. The number of amides is 1. The zero-order chi connectivity index (χ0) is 14.8. The van der Waals surface area contributed by atoms with Crippen LogP contribution in [0.3, 0.4) is 0 Å². The summed E-state index contributed by atoms with van der Waals surface area (Å²) >= 11 is 0. The molecular weight excluding hydrogens is 252 g/mol. The summed E-state index contributed by atoms with van der Waals surface area (Å²) in [5.41, 5.74) is -0.0724. The summed E-state index contributed by atoms with van der Waals surface area (Å²) in [6, 6.07) is 0. The number of hydrogen-bond acceptors (Lipinski definition) is 3. The SMILES string of the molecule is CC1(CNCC2CC2)CCN(C(=O)OC(C)(C)C)CC1. The zero-order valence-electron chi connectivity index (χ0n) is 13.5. The minimum atomic E-state index is -0.399. The van der Waals surface area contributed by atoms with E-state index in [4.69, 9.17) is 4.74 Å². The molecule has 0 atom stereocenters. The average Bonchev–Trinajstić information content (AvgIpc) is 3.11. The molecule has 20 heavy (non-hydrogen) atoms. The minimum absolute atomic E-state index is 0.162. The summed E-state index contributed by atoms with van der Waals surface area (Å²) < 4.78 is 5.44. The molecule has 1 aliphatic carbocycles. The third kappa shape index (κ3) is 4.97. The first-order chi connectivity index (χ1) is 9.27. The van der Waals surface area contributed by atoms with E-state index in [9.17, 15) is 4.79 Å². The highest BCUT2D eigenvalue weighted by molar-refractivity contribution is 5.68. The van der Waals surface area contributed by atoms with E-state index in [1.54, 1.807) is 0 Å². The van der Waals surface area contributed by atoms with Crippen molar-refractivity contribution in [2.75, 3.05) is 26.2 Å². The molecule has 1 N–H and O–H groups in total. The fraction of sp³-hybridized carbons (Fsp3) is 0.938. The monoisotopic (exact) mass is 282 g/mol. The first-order valence-electron chi connectivity index (χ1n) is 7.96. The van der Waals surface area contributed by atoms with Gasteiger partial charge in [0.1, 0.15) is 5.60 Å². The lowest BCUT2D eigenvalue weighted by Crippen LogP contribution is -2.47. The van der Waals surface area contributed by atoms with Gasteiger partial charge >= 0.3 is 6.09 Å². The van der Waals surface area contributed by atoms with Crippen LogP contribution in [0.4, 0.5) is 4.79 Å². The normalized spacial score (nSPS) is 22.7. The van der Waals surface area contributed by atoms with E-state index in [2.05, 4.69) is 12.2 Å². The van der Waals surface area contributed by atoms with Crippen LogP contribution in [0, 0.1) is 11.3 Å². The average molecular weight is 282 g/mol. The van der Waals surface area contributed by atoms with Crippen LogP contribution in [0.25, 0.3) is 0 Å². The van der Waals surface area contributed by atoms with Crippen molar-refractivity contribution in [1.29, 1.82) is 0 Å². The Hall–Kier alpha value is -0.770. The van der Waals surface area contributed by atoms with Crippen LogP contribution in [-0.2, 0) is 4.74 Å². The van der Waals surface area contributed by atoms with Gasteiger partial charge in [0.25, 0.3) is 0 Å². The number of rotatable bonds is 4. The maximum atomic E-state index is 12.0. The number of hydrogen-bond donors (Lipinski definition) is 1. The molecular formula is C16H30N2O2. The van der Waals surface area contributed by atoms with Crippen LogP contribution in [0.1, 0.15) is 53.4 Å². The van der Waals surface area contributed by atoms with Crippen LogP contribution in [0.5, 0.6) is 0 Å². The van der Waals surface area contributed by atoms with E-state index >= 15 is 0 Å². The lowest BCUT2D eigenvalue weighted by atomic mass is 9.80. The topological polar surface area (TPSA) is 41.6 Å². The van der Waals surface area contributed by atoms with Gasteiger partial charge in [-0.05, 0) is 64.3 Å². The predicted octanol–water partition coefficient (Wildman–Crippen LogP) is 3.02. The Morgan fingerprint density at radius 2 is 1.90 bits per heavy atom. The fourth-order valence-corrected chi connectivity index (χ4v) is 2.63. The molecule has 0 radical (unpaired) electrons. The summed E-state index contributed by atoms with van der Waals surface area (Å²) in [4.78, 5) is 13.9. The first kappa shape index (κ1) is 15.6. The van der Waals surface area contributed by atoms with Gasteiger partial charge in [-0.3, -0.25) is 0 Å². The van der Waals surface area contributed by atoms with E-state index in [1.165, 1.54) is 19.4 Å². The maximum Gasteiger partial charge on any atom is 0.410 e. The van der Waals surface area contributed by atoms with Crippen molar-refractivity contribution in [2.24, 2.45) is 11.3 Å². The Balaban J connectivity index is 1.71.